The molecule has 1 heterocycles. The molecule has 19 heavy (non-hydrogen) atoms. The van der Waals surface area contributed by atoms with Crippen LogP contribution >= 0.6 is 23.4 Å². The Hall–Kier alpha value is -0.900. The molecule has 1 aromatic carbocycles. The van der Waals surface area contributed by atoms with Gasteiger partial charge in [0, 0.05) is 22.5 Å². The molecule has 1 aliphatic carbocycles. The van der Waals surface area contributed by atoms with Crippen LogP contribution in [0.3, 0.4) is 0 Å². The van der Waals surface area contributed by atoms with E-state index in [4.69, 9.17) is 16.0 Å². The van der Waals surface area contributed by atoms with Crippen molar-refractivity contribution in [3.63, 3.8) is 0 Å². The molecule has 0 amide bonds. The Morgan fingerprint density at radius 1 is 1.32 bits per heavy atom. The predicted octanol–water partition coefficient (Wildman–Crippen LogP) is 4.48. The van der Waals surface area contributed by atoms with Gasteiger partial charge in [-0.1, -0.05) is 11.6 Å². The van der Waals surface area contributed by atoms with Crippen LogP contribution < -0.4 is 5.32 Å². The molecule has 0 bridgehead atoms. The van der Waals surface area contributed by atoms with Crippen molar-refractivity contribution >= 4 is 23.4 Å². The summed E-state index contributed by atoms with van der Waals surface area (Å²) in [6.45, 7) is 0.895. The SMILES string of the molecule is Clc1ccc(SCc2ccco2)c(CNC2CC2)c1. The van der Waals surface area contributed by atoms with Gasteiger partial charge in [0.15, 0.2) is 0 Å². The summed E-state index contributed by atoms with van der Waals surface area (Å²) in [6.07, 6.45) is 4.32. The largest absolute Gasteiger partial charge is 0.468 e. The molecule has 0 aliphatic heterocycles. The molecule has 3 rings (SSSR count). The summed E-state index contributed by atoms with van der Waals surface area (Å²) >= 11 is 7.89. The van der Waals surface area contributed by atoms with Gasteiger partial charge in [-0.25, -0.2) is 0 Å². The number of rotatable bonds is 6. The lowest BCUT2D eigenvalue weighted by molar-refractivity contribution is 0.530. The summed E-state index contributed by atoms with van der Waals surface area (Å²) in [5.41, 5.74) is 1.27. The minimum absolute atomic E-state index is 0.710. The zero-order chi connectivity index (χ0) is 13.1. The van der Waals surface area contributed by atoms with E-state index in [1.54, 1.807) is 18.0 Å². The number of hydrogen-bond donors (Lipinski definition) is 1. The summed E-state index contributed by atoms with van der Waals surface area (Å²) < 4.78 is 5.36. The van der Waals surface area contributed by atoms with Gasteiger partial charge >= 0.3 is 0 Å². The molecule has 2 aromatic rings. The van der Waals surface area contributed by atoms with E-state index in [2.05, 4.69) is 17.4 Å². The first-order chi connectivity index (χ1) is 9.31. The van der Waals surface area contributed by atoms with E-state index < -0.39 is 0 Å². The van der Waals surface area contributed by atoms with Crippen molar-refractivity contribution in [1.82, 2.24) is 5.32 Å². The van der Waals surface area contributed by atoms with Gasteiger partial charge in [-0.3, -0.25) is 0 Å². The van der Waals surface area contributed by atoms with Crippen molar-refractivity contribution in [2.75, 3.05) is 0 Å². The molecule has 2 nitrogen and oxygen atoms in total. The summed E-state index contributed by atoms with van der Waals surface area (Å²) in [4.78, 5) is 1.27. The van der Waals surface area contributed by atoms with Crippen LogP contribution in [-0.4, -0.2) is 6.04 Å². The Bertz CT molecular complexity index is 537. The van der Waals surface area contributed by atoms with E-state index in [0.717, 1.165) is 23.1 Å². The topological polar surface area (TPSA) is 25.2 Å². The van der Waals surface area contributed by atoms with E-state index in [1.165, 1.54) is 23.3 Å². The zero-order valence-corrected chi connectivity index (χ0v) is 12.1. The van der Waals surface area contributed by atoms with Crippen molar-refractivity contribution in [2.45, 2.75) is 36.1 Å². The monoisotopic (exact) mass is 293 g/mol. The maximum atomic E-state index is 6.09. The van der Waals surface area contributed by atoms with Gasteiger partial charge in [-0.05, 0) is 48.7 Å². The summed E-state index contributed by atoms with van der Waals surface area (Å²) in [6, 6.07) is 10.7. The van der Waals surface area contributed by atoms with Crippen molar-refractivity contribution in [1.29, 1.82) is 0 Å². The molecule has 0 unspecified atom stereocenters. The third-order valence-electron chi connectivity index (χ3n) is 3.13. The van der Waals surface area contributed by atoms with Crippen LogP contribution in [0, 0.1) is 0 Å². The van der Waals surface area contributed by atoms with Gasteiger partial charge in [0.05, 0.1) is 12.0 Å². The smallest absolute Gasteiger partial charge is 0.113 e. The van der Waals surface area contributed by atoms with E-state index in [1.807, 2.05) is 18.2 Å². The maximum absolute atomic E-state index is 6.09. The fraction of sp³-hybridized carbons (Fsp3) is 0.333. The lowest BCUT2D eigenvalue weighted by Gasteiger charge is -2.10. The first kappa shape index (κ1) is 13.1. The predicted molar refractivity (Wildman–Crippen MR) is 79.6 cm³/mol. The van der Waals surface area contributed by atoms with Crippen LogP contribution in [0.5, 0.6) is 0 Å². The molecule has 0 radical (unpaired) electrons. The molecule has 1 saturated carbocycles. The second-order valence-electron chi connectivity index (χ2n) is 4.78. The Morgan fingerprint density at radius 3 is 2.95 bits per heavy atom. The van der Waals surface area contributed by atoms with Gasteiger partial charge < -0.3 is 9.73 Å². The zero-order valence-electron chi connectivity index (χ0n) is 10.6. The van der Waals surface area contributed by atoms with Crippen LogP contribution in [0.15, 0.2) is 45.9 Å². The summed E-state index contributed by atoms with van der Waals surface area (Å²) in [5.74, 6) is 1.85. The fourth-order valence-electron chi connectivity index (χ4n) is 1.91. The van der Waals surface area contributed by atoms with Gasteiger partial charge in [0.1, 0.15) is 5.76 Å². The maximum Gasteiger partial charge on any atom is 0.113 e. The molecule has 1 fully saturated rings. The van der Waals surface area contributed by atoms with E-state index >= 15 is 0 Å². The van der Waals surface area contributed by atoms with Gasteiger partial charge in [0.25, 0.3) is 0 Å². The number of furan rings is 1. The second kappa shape index (κ2) is 6.04. The molecule has 4 heteroatoms. The molecule has 1 aromatic heterocycles. The molecule has 0 spiro atoms. The first-order valence-electron chi connectivity index (χ1n) is 6.48. The molecular weight excluding hydrogens is 278 g/mol. The average Bonchev–Trinajstić information content (AvgIpc) is 3.10. The standard InChI is InChI=1S/C15H16ClNOS/c16-12-3-6-15(19-10-14-2-1-7-18-14)11(8-12)9-17-13-4-5-13/h1-3,6-8,13,17H,4-5,9-10H2. The number of thioether (sulfide) groups is 1. The highest BCUT2D eigenvalue weighted by atomic mass is 35.5. The highest BCUT2D eigenvalue weighted by Gasteiger charge is 2.20. The fourth-order valence-corrected chi connectivity index (χ4v) is 3.05. The van der Waals surface area contributed by atoms with Crippen LogP contribution in [0.25, 0.3) is 0 Å². The van der Waals surface area contributed by atoms with Crippen molar-refractivity contribution in [3.05, 3.63) is 52.9 Å². The van der Waals surface area contributed by atoms with Crippen LogP contribution in [0.1, 0.15) is 24.2 Å². The molecule has 0 saturated heterocycles. The van der Waals surface area contributed by atoms with Gasteiger partial charge in [-0.15, -0.1) is 11.8 Å². The molecular formula is C15H16ClNOS. The quantitative estimate of drug-likeness (QED) is 0.795. The van der Waals surface area contributed by atoms with E-state index in [9.17, 15) is 0 Å². The van der Waals surface area contributed by atoms with Crippen LogP contribution in [0.2, 0.25) is 5.02 Å². The third-order valence-corrected chi connectivity index (χ3v) is 4.50. The molecule has 1 aliphatic rings. The minimum atomic E-state index is 0.710. The normalized spacial score (nSPS) is 14.8. The second-order valence-corrected chi connectivity index (χ2v) is 6.23. The lowest BCUT2D eigenvalue weighted by atomic mass is 10.2. The lowest BCUT2D eigenvalue weighted by Crippen LogP contribution is -2.15. The number of hydrogen-bond acceptors (Lipinski definition) is 3. The summed E-state index contributed by atoms with van der Waals surface area (Å²) in [5, 5.41) is 4.34. The van der Waals surface area contributed by atoms with Crippen molar-refractivity contribution < 1.29 is 4.42 Å². The number of benzene rings is 1. The van der Waals surface area contributed by atoms with E-state index in [0.29, 0.717) is 6.04 Å². The minimum Gasteiger partial charge on any atom is -0.468 e. The van der Waals surface area contributed by atoms with Gasteiger partial charge in [0.2, 0.25) is 0 Å². The molecule has 100 valence electrons. The first-order valence-corrected chi connectivity index (χ1v) is 7.84. The highest BCUT2D eigenvalue weighted by Crippen LogP contribution is 2.29. The Morgan fingerprint density at radius 2 is 2.21 bits per heavy atom. The van der Waals surface area contributed by atoms with Crippen LogP contribution in [-0.2, 0) is 12.3 Å². The third kappa shape index (κ3) is 3.78. The Kier molecular flexibility index (Phi) is 4.16. The average molecular weight is 294 g/mol. The number of halogens is 1. The molecule has 0 atom stereocenters. The van der Waals surface area contributed by atoms with Crippen molar-refractivity contribution in [2.24, 2.45) is 0 Å². The van der Waals surface area contributed by atoms with Gasteiger partial charge in [-0.2, -0.15) is 0 Å². The summed E-state index contributed by atoms with van der Waals surface area (Å²) in [7, 11) is 0. The van der Waals surface area contributed by atoms with Crippen molar-refractivity contribution in [3.8, 4) is 0 Å². The highest BCUT2D eigenvalue weighted by molar-refractivity contribution is 7.98. The Balaban J connectivity index is 1.67. The van der Waals surface area contributed by atoms with Crippen LogP contribution in [0.4, 0.5) is 0 Å². The van der Waals surface area contributed by atoms with E-state index in [-0.39, 0.29) is 0 Å². The molecule has 1 N–H and O–H groups in total. The Labute approximate surface area is 122 Å². The number of nitrogens with one attached hydrogen (secondary N) is 1.